The first-order valence-corrected chi connectivity index (χ1v) is 5.64. The van der Waals surface area contributed by atoms with Crippen LogP contribution in [0.3, 0.4) is 0 Å². The van der Waals surface area contributed by atoms with E-state index in [9.17, 15) is 19.8 Å². The number of carbonyl (C=O) groups is 2. The summed E-state index contributed by atoms with van der Waals surface area (Å²) in [4.78, 5) is 24.3. The van der Waals surface area contributed by atoms with Crippen LogP contribution in [0.4, 0.5) is 0 Å². The van der Waals surface area contributed by atoms with E-state index in [-0.39, 0.29) is 31.0 Å². The van der Waals surface area contributed by atoms with Gasteiger partial charge in [-0.25, -0.2) is 4.79 Å². The standard InChI is InChI=1S/C12H13NO6/c14-8-2-1-7(5-9(8)15)11(16)13-3-4-19-10(6-13)12(17)18/h1-2,5,10,14-15H,3-4,6H2,(H,17,18). The van der Waals surface area contributed by atoms with Gasteiger partial charge in [0.1, 0.15) is 0 Å². The Hall–Kier alpha value is -2.28. The van der Waals surface area contributed by atoms with Gasteiger partial charge in [-0.2, -0.15) is 0 Å². The summed E-state index contributed by atoms with van der Waals surface area (Å²) in [6, 6.07) is 3.71. The largest absolute Gasteiger partial charge is 0.504 e. The fourth-order valence-electron chi connectivity index (χ4n) is 1.82. The van der Waals surface area contributed by atoms with Crippen molar-refractivity contribution in [2.24, 2.45) is 0 Å². The average Bonchev–Trinajstić information content (AvgIpc) is 2.41. The molecule has 102 valence electrons. The number of aliphatic carboxylic acids is 1. The first-order valence-electron chi connectivity index (χ1n) is 5.64. The number of benzene rings is 1. The maximum atomic E-state index is 12.1. The number of ether oxygens (including phenoxy) is 1. The summed E-state index contributed by atoms with van der Waals surface area (Å²) >= 11 is 0. The highest BCUT2D eigenvalue weighted by Gasteiger charge is 2.29. The molecule has 0 aliphatic carbocycles. The number of hydrogen-bond acceptors (Lipinski definition) is 5. The van der Waals surface area contributed by atoms with Gasteiger partial charge >= 0.3 is 5.97 Å². The van der Waals surface area contributed by atoms with E-state index in [1.54, 1.807) is 0 Å². The summed E-state index contributed by atoms with van der Waals surface area (Å²) in [6.07, 6.45) is -1.04. The molecule has 7 nitrogen and oxygen atoms in total. The summed E-state index contributed by atoms with van der Waals surface area (Å²) in [7, 11) is 0. The number of morpholine rings is 1. The predicted octanol–water partition coefficient (Wildman–Crippen LogP) is 0.0234. The fourth-order valence-corrected chi connectivity index (χ4v) is 1.82. The van der Waals surface area contributed by atoms with Gasteiger partial charge in [0.25, 0.3) is 5.91 Å². The van der Waals surface area contributed by atoms with Gasteiger partial charge in [0, 0.05) is 12.1 Å². The quantitative estimate of drug-likeness (QED) is 0.652. The molecular weight excluding hydrogens is 254 g/mol. The molecule has 1 aliphatic heterocycles. The molecule has 19 heavy (non-hydrogen) atoms. The first kappa shape index (κ1) is 13.2. The lowest BCUT2D eigenvalue weighted by Gasteiger charge is -2.30. The van der Waals surface area contributed by atoms with E-state index in [1.165, 1.54) is 17.0 Å². The van der Waals surface area contributed by atoms with E-state index >= 15 is 0 Å². The zero-order valence-electron chi connectivity index (χ0n) is 9.94. The molecule has 0 radical (unpaired) electrons. The predicted molar refractivity (Wildman–Crippen MR) is 63.1 cm³/mol. The SMILES string of the molecule is O=C(O)C1CN(C(=O)c2ccc(O)c(O)c2)CCO1. The zero-order chi connectivity index (χ0) is 14.0. The molecular formula is C12H13NO6. The topological polar surface area (TPSA) is 107 Å². The highest BCUT2D eigenvalue weighted by Crippen LogP contribution is 2.25. The normalized spacial score (nSPS) is 19.2. The number of phenolic OH excluding ortho intramolecular Hbond substituents is 2. The Kier molecular flexibility index (Phi) is 3.57. The third-order valence-corrected chi connectivity index (χ3v) is 2.85. The molecule has 7 heteroatoms. The van der Waals surface area contributed by atoms with Crippen LogP contribution in [-0.2, 0) is 9.53 Å². The van der Waals surface area contributed by atoms with Gasteiger partial charge in [0.05, 0.1) is 13.2 Å². The first-order chi connectivity index (χ1) is 8.99. The molecule has 0 aromatic heterocycles. The molecule has 1 aromatic carbocycles. The highest BCUT2D eigenvalue weighted by molar-refractivity contribution is 5.95. The van der Waals surface area contributed by atoms with Crippen molar-refractivity contribution in [3.8, 4) is 11.5 Å². The van der Waals surface area contributed by atoms with Gasteiger partial charge < -0.3 is 25.0 Å². The number of hydrogen-bond donors (Lipinski definition) is 3. The molecule has 1 fully saturated rings. The minimum Gasteiger partial charge on any atom is -0.504 e. The van der Waals surface area contributed by atoms with Gasteiger partial charge in [-0.05, 0) is 18.2 Å². The molecule has 1 heterocycles. The van der Waals surface area contributed by atoms with E-state index in [1.807, 2.05) is 0 Å². The van der Waals surface area contributed by atoms with Gasteiger partial charge in [-0.1, -0.05) is 0 Å². The molecule has 1 atom stereocenters. The summed E-state index contributed by atoms with van der Waals surface area (Å²) in [6.45, 7) is 0.382. The van der Waals surface area contributed by atoms with E-state index in [2.05, 4.69) is 0 Å². The second kappa shape index (κ2) is 5.15. The van der Waals surface area contributed by atoms with Crippen molar-refractivity contribution in [2.45, 2.75) is 6.10 Å². The number of phenols is 2. The van der Waals surface area contributed by atoms with Crippen molar-refractivity contribution in [2.75, 3.05) is 19.7 Å². The number of carbonyl (C=O) groups excluding carboxylic acids is 1. The van der Waals surface area contributed by atoms with E-state index in [0.29, 0.717) is 0 Å². The lowest BCUT2D eigenvalue weighted by molar-refractivity contribution is -0.154. The number of nitrogens with zero attached hydrogens (tertiary/aromatic N) is 1. The monoisotopic (exact) mass is 267 g/mol. The second-order valence-electron chi connectivity index (χ2n) is 4.15. The van der Waals surface area contributed by atoms with Gasteiger partial charge in [-0.15, -0.1) is 0 Å². The molecule has 3 N–H and O–H groups in total. The molecule has 1 saturated heterocycles. The Morgan fingerprint density at radius 1 is 1.26 bits per heavy atom. The van der Waals surface area contributed by atoms with Crippen LogP contribution < -0.4 is 0 Å². The Morgan fingerprint density at radius 2 is 2.00 bits per heavy atom. The van der Waals surface area contributed by atoms with Crippen LogP contribution in [0.25, 0.3) is 0 Å². The summed E-state index contributed by atoms with van der Waals surface area (Å²) in [5.74, 6) is -2.24. The van der Waals surface area contributed by atoms with Crippen molar-refractivity contribution < 1.29 is 29.6 Å². The van der Waals surface area contributed by atoms with Crippen LogP contribution in [0.5, 0.6) is 11.5 Å². The Bertz CT molecular complexity index is 515. The third-order valence-electron chi connectivity index (χ3n) is 2.85. The molecule has 2 rings (SSSR count). The van der Waals surface area contributed by atoms with Gasteiger partial charge in [0.15, 0.2) is 17.6 Å². The van der Waals surface area contributed by atoms with Crippen molar-refractivity contribution >= 4 is 11.9 Å². The summed E-state index contributed by atoms with van der Waals surface area (Å²) < 4.78 is 5.02. The fraction of sp³-hybridized carbons (Fsp3) is 0.333. The molecule has 1 amide bonds. The molecule has 1 unspecified atom stereocenters. The number of rotatable bonds is 2. The maximum absolute atomic E-state index is 12.1. The number of amides is 1. The Labute approximate surface area is 108 Å². The zero-order valence-corrected chi connectivity index (χ0v) is 9.94. The Morgan fingerprint density at radius 3 is 2.63 bits per heavy atom. The van der Waals surface area contributed by atoms with Crippen LogP contribution in [0.15, 0.2) is 18.2 Å². The van der Waals surface area contributed by atoms with Crippen LogP contribution in [-0.4, -0.2) is 57.9 Å². The minimum atomic E-state index is -1.12. The van der Waals surface area contributed by atoms with E-state index < -0.39 is 23.7 Å². The molecule has 1 aliphatic rings. The van der Waals surface area contributed by atoms with Gasteiger partial charge in [-0.3, -0.25) is 4.79 Å². The molecule has 0 saturated carbocycles. The minimum absolute atomic E-state index is 0.0458. The van der Waals surface area contributed by atoms with Gasteiger partial charge in [0.2, 0.25) is 0 Å². The highest BCUT2D eigenvalue weighted by atomic mass is 16.5. The molecule has 1 aromatic rings. The molecule has 0 spiro atoms. The van der Waals surface area contributed by atoms with Crippen LogP contribution in [0, 0.1) is 0 Å². The van der Waals surface area contributed by atoms with Crippen molar-refractivity contribution in [3.63, 3.8) is 0 Å². The molecule has 0 bridgehead atoms. The average molecular weight is 267 g/mol. The Balaban J connectivity index is 2.14. The van der Waals surface area contributed by atoms with E-state index in [0.717, 1.165) is 6.07 Å². The van der Waals surface area contributed by atoms with Crippen molar-refractivity contribution in [1.82, 2.24) is 4.90 Å². The van der Waals surface area contributed by atoms with E-state index in [4.69, 9.17) is 9.84 Å². The smallest absolute Gasteiger partial charge is 0.334 e. The number of carboxylic acid groups (broad SMARTS) is 1. The lowest BCUT2D eigenvalue weighted by Crippen LogP contribution is -2.48. The van der Waals surface area contributed by atoms with Crippen molar-refractivity contribution in [1.29, 1.82) is 0 Å². The number of aromatic hydroxyl groups is 2. The van der Waals surface area contributed by atoms with Crippen LogP contribution in [0.2, 0.25) is 0 Å². The third kappa shape index (κ3) is 2.76. The lowest BCUT2D eigenvalue weighted by atomic mass is 10.1. The maximum Gasteiger partial charge on any atom is 0.334 e. The second-order valence-corrected chi connectivity index (χ2v) is 4.15. The summed E-state index contributed by atoms with van der Waals surface area (Å²) in [5, 5.41) is 27.4. The van der Waals surface area contributed by atoms with Crippen LogP contribution in [0.1, 0.15) is 10.4 Å². The summed E-state index contributed by atoms with van der Waals surface area (Å²) in [5.41, 5.74) is 0.182. The van der Waals surface area contributed by atoms with Crippen LogP contribution >= 0.6 is 0 Å². The van der Waals surface area contributed by atoms with Crippen molar-refractivity contribution in [3.05, 3.63) is 23.8 Å². The number of carboxylic acids is 1.